The Labute approximate surface area is 146 Å². The molecular weight excluding hydrogens is 300 g/mol. The van der Waals surface area contributed by atoms with Crippen LogP contribution in [-0.2, 0) is 11.3 Å². The zero-order chi connectivity index (χ0) is 16.9. The first-order chi connectivity index (χ1) is 11.6. The molecule has 1 aromatic heterocycles. The van der Waals surface area contributed by atoms with E-state index in [1.165, 1.54) is 31.5 Å². The fourth-order valence-electron chi connectivity index (χ4n) is 4.19. The Morgan fingerprint density at radius 1 is 1.21 bits per heavy atom. The number of amides is 1. The van der Waals surface area contributed by atoms with Crippen molar-refractivity contribution in [3.05, 3.63) is 18.0 Å². The van der Waals surface area contributed by atoms with Gasteiger partial charge in [-0.2, -0.15) is 5.10 Å². The summed E-state index contributed by atoms with van der Waals surface area (Å²) in [6, 6.07) is 0. The maximum absolute atomic E-state index is 12.5. The average Bonchev–Trinajstić information content (AvgIpc) is 2.98. The lowest BCUT2D eigenvalue weighted by atomic mass is 9.92. The Hall–Kier alpha value is -1.36. The van der Waals surface area contributed by atoms with E-state index in [1.807, 2.05) is 6.20 Å². The number of aromatic nitrogens is 2. The van der Waals surface area contributed by atoms with Gasteiger partial charge in [-0.25, -0.2) is 0 Å². The zero-order valence-electron chi connectivity index (χ0n) is 15.3. The molecule has 0 aliphatic carbocycles. The Morgan fingerprint density at radius 3 is 2.67 bits per heavy atom. The molecule has 0 aromatic carbocycles. The molecule has 0 spiro atoms. The molecule has 24 heavy (non-hydrogen) atoms. The third-order valence-electron chi connectivity index (χ3n) is 5.66. The number of nitrogens with zero attached hydrogens (tertiary/aromatic N) is 4. The van der Waals surface area contributed by atoms with Crippen molar-refractivity contribution in [2.45, 2.75) is 52.0 Å². The molecule has 1 aromatic rings. The van der Waals surface area contributed by atoms with Crippen LogP contribution in [0.3, 0.4) is 0 Å². The van der Waals surface area contributed by atoms with Gasteiger partial charge in [-0.05, 0) is 70.0 Å². The highest BCUT2D eigenvalue weighted by Gasteiger charge is 2.24. The molecule has 5 heteroatoms. The monoisotopic (exact) mass is 332 g/mol. The van der Waals surface area contributed by atoms with E-state index in [-0.39, 0.29) is 0 Å². The first-order valence-electron chi connectivity index (χ1n) is 9.55. The van der Waals surface area contributed by atoms with Gasteiger partial charge in [0.15, 0.2) is 0 Å². The van der Waals surface area contributed by atoms with Gasteiger partial charge in [0.05, 0.1) is 6.20 Å². The van der Waals surface area contributed by atoms with Gasteiger partial charge in [0, 0.05) is 38.8 Å². The van der Waals surface area contributed by atoms with Crippen molar-refractivity contribution in [1.82, 2.24) is 19.6 Å². The van der Waals surface area contributed by atoms with Crippen LogP contribution >= 0.6 is 0 Å². The SMILES string of the molecule is Cc1cnn(CC2CCN(C(=O)CCC3CCCN(C)C3)CC2)c1. The topological polar surface area (TPSA) is 41.4 Å². The number of hydrogen-bond acceptors (Lipinski definition) is 3. The highest BCUT2D eigenvalue weighted by molar-refractivity contribution is 5.76. The van der Waals surface area contributed by atoms with Crippen molar-refractivity contribution in [2.75, 3.05) is 33.2 Å². The summed E-state index contributed by atoms with van der Waals surface area (Å²) in [5.74, 6) is 1.74. The lowest BCUT2D eigenvalue weighted by molar-refractivity contribution is -0.133. The van der Waals surface area contributed by atoms with E-state index in [4.69, 9.17) is 0 Å². The normalized spacial score (nSPS) is 23.6. The van der Waals surface area contributed by atoms with Crippen molar-refractivity contribution >= 4 is 5.91 Å². The van der Waals surface area contributed by atoms with Crippen molar-refractivity contribution in [2.24, 2.45) is 11.8 Å². The summed E-state index contributed by atoms with van der Waals surface area (Å²) < 4.78 is 2.05. The van der Waals surface area contributed by atoms with Crippen LogP contribution in [0.1, 0.15) is 44.1 Å². The molecule has 2 aliphatic heterocycles. The standard InChI is InChI=1S/C19H32N4O/c1-16-12-20-23(13-16)15-18-7-10-22(11-8-18)19(24)6-5-17-4-3-9-21(2)14-17/h12-13,17-18H,3-11,14-15H2,1-2H3. The van der Waals surface area contributed by atoms with Gasteiger partial charge in [-0.1, -0.05) is 0 Å². The van der Waals surface area contributed by atoms with E-state index in [1.54, 1.807) is 0 Å². The second kappa shape index (κ2) is 8.15. The Kier molecular flexibility index (Phi) is 5.93. The molecule has 2 fully saturated rings. The number of likely N-dealkylation sites (tertiary alicyclic amines) is 2. The van der Waals surface area contributed by atoms with Crippen molar-refractivity contribution < 1.29 is 4.79 Å². The molecular formula is C19H32N4O. The van der Waals surface area contributed by atoms with Crippen molar-refractivity contribution in [1.29, 1.82) is 0 Å². The number of carbonyl (C=O) groups excluding carboxylic acids is 1. The lowest BCUT2D eigenvalue weighted by Gasteiger charge is -2.33. The second-order valence-corrected chi connectivity index (χ2v) is 7.87. The van der Waals surface area contributed by atoms with Gasteiger partial charge in [-0.3, -0.25) is 9.48 Å². The molecule has 2 saturated heterocycles. The summed E-state index contributed by atoms with van der Waals surface area (Å²) in [5, 5.41) is 4.38. The van der Waals surface area contributed by atoms with Crippen LogP contribution in [0.25, 0.3) is 0 Å². The van der Waals surface area contributed by atoms with E-state index in [0.29, 0.717) is 17.7 Å². The largest absolute Gasteiger partial charge is 0.343 e. The van der Waals surface area contributed by atoms with Crippen LogP contribution in [0.5, 0.6) is 0 Å². The Bertz CT molecular complexity index is 533. The Morgan fingerprint density at radius 2 is 2.00 bits per heavy atom. The fourth-order valence-corrected chi connectivity index (χ4v) is 4.19. The molecule has 134 valence electrons. The molecule has 1 atom stereocenters. The van der Waals surface area contributed by atoms with E-state index < -0.39 is 0 Å². The molecule has 1 unspecified atom stereocenters. The first kappa shape index (κ1) is 17.5. The van der Waals surface area contributed by atoms with Crippen LogP contribution < -0.4 is 0 Å². The van der Waals surface area contributed by atoms with Gasteiger partial charge in [0.25, 0.3) is 0 Å². The summed E-state index contributed by atoms with van der Waals surface area (Å²) in [7, 11) is 2.19. The van der Waals surface area contributed by atoms with E-state index in [2.05, 4.69) is 39.7 Å². The third-order valence-corrected chi connectivity index (χ3v) is 5.66. The highest BCUT2D eigenvalue weighted by atomic mass is 16.2. The van der Waals surface area contributed by atoms with Crippen LogP contribution in [0.15, 0.2) is 12.4 Å². The van der Waals surface area contributed by atoms with Crippen LogP contribution in [0.2, 0.25) is 0 Å². The van der Waals surface area contributed by atoms with Crippen LogP contribution in [0, 0.1) is 18.8 Å². The second-order valence-electron chi connectivity index (χ2n) is 7.87. The number of carbonyl (C=O) groups is 1. The fraction of sp³-hybridized carbons (Fsp3) is 0.789. The molecule has 3 heterocycles. The van der Waals surface area contributed by atoms with E-state index >= 15 is 0 Å². The third kappa shape index (κ3) is 4.82. The van der Waals surface area contributed by atoms with Gasteiger partial charge >= 0.3 is 0 Å². The predicted molar refractivity (Wildman–Crippen MR) is 95.7 cm³/mol. The summed E-state index contributed by atoms with van der Waals surface area (Å²) in [6.07, 6.45) is 10.6. The van der Waals surface area contributed by atoms with E-state index in [9.17, 15) is 4.79 Å². The van der Waals surface area contributed by atoms with Crippen molar-refractivity contribution in [3.63, 3.8) is 0 Å². The van der Waals surface area contributed by atoms with E-state index in [0.717, 1.165) is 45.3 Å². The molecule has 0 saturated carbocycles. The summed E-state index contributed by atoms with van der Waals surface area (Å²) in [6.45, 7) is 7.30. The smallest absolute Gasteiger partial charge is 0.222 e. The molecule has 0 radical (unpaired) electrons. The number of rotatable bonds is 5. The Balaban J connectivity index is 1.37. The van der Waals surface area contributed by atoms with Gasteiger partial charge < -0.3 is 9.80 Å². The van der Waals surface area contributed by atoms with Crippen LogP contribution in [-0.4, -0.2) is 58.7 Å². The zero-order valence-corrected chi connectivity index (χ0v) is 15.3. The minimum absolute atomic E-state index is 0.372. The quantitative estimate of drug-likeness (QED) is 0.832. The van der Waals surface area contributed by atoms with Crippen LogP contribution in [0.4, 0.5) is 0 Å². The number of hydrogen-bond donors (Lipinski definition) is 0. The predicted octanol–water partition coefficient (Wildman–Crippen LogP) is 2.55. The summed E-state index contributed by atoms with van der Waals surface area (Å²) in [4.78, 5) is 17.0. The molecule has 1 amide bonds. The van der Waals surface area contributed by atoms with Gasteiger partial charge in [-0.15, -0.1) is 0 Å². The molecule has 0 bridgehead atoms. The maximum Gasteiger partial charge on any atom is 0.222 e. The maximum atomic E-state index is 12.5. The minimum atomic E-state index is 0.372. The molecule has 2 aliphatic rings. The number of piperidine rings is 2. The van der Waals surface area contributed by atoms with Crippen molar-refractivity contribution in [3.8, 4) is 0 Å². The number of aryl methyl sites for hydroxylation is 1. The lowest BCUT2D eigenvalue weighted by Crippen LogP contribution is -2.40. The summed E-state index contributed by atoms with van der Waals surface area (Å²) >= 11 is 0. The molecule has 3 rings (SSSR count). The van der Waals surface area contributed by atoms with Gasteiger partial charge in [0.2, 0.25) is 5.91 Å². The minimum Gasteiger partial charge on any atom is -0.343 e. The molecule has 0 N–H and O–H groups in total. The molecule has 5 nitrogen and oxygen atoms in total. The highest BCUT2D eigenvalue weighted by Crippen LogP contribution is 2.23. The first-order valence-corrected chi connectivity index (χ1v) is 9.55. The average molecular weight is 332 g/mol. The summed E-state index contributed by atoms with van der Waals surface area (Å²) in [5.41, 5.74) is 1.22. The van der Waals surface area contributed by atoms with Gasteiger partial charge in [0.1, 0.15) is 0 Å².